The summed E-state index contributed by atoms with van der Waals surface area (Å²) in [4.78, 5) is 28.7. The number of sulfone groups is 1. The van der Waals surface area contributed by atoms with Gasteiger partial charge in [-0.3, -0.25) is 14.5 Å². The summed E-state index contributed by atoms with van der Waals surface area (Å²) >= 11 is 0. The van der Waals surface area contributed by atoms with E-state index in [0.29, 0.717) is 19.5 Å². The Morgan fingerprint density at radius 2 is 1.89 bits per heavy atom. The Kier molecular flexibility index (Phi) is 6.69. The second kappa shape index (κ2) is 9.02. The number of carbonyl (C=O) groups is 2. The number of fused-ring (bicyclic) bond motifs is 1. The highest BCUT2D eigenvalue weighted by Crippen LogP contribution is 2.30. The number of nitrogens with zero attached hydrogens (tertiary/aromatic N) is 2. The summed E-state index contributed by atoms with van der Waals surface area (Å²) in [6, 6.07) is 4.84. The molecule has 0 saturated carbocycles. The van der Waals surface area contributed by atoms with Crippen LogP contribution < -0.4 is 10.2 Å². The van der Waals surface area contributed by atoms with Crippen molar-refractivity contribution in [2.45, 2.75) is 24.2 Å². The fourth-order valence-electron chi connectivity index (χ4n) is 3.49. The molecule has 28 heavy (non-hydrogen) atoms. The molecule has 9 heteroatoms. The number of nitrogens with one attached hydrogen (secondary N) is 1. The first-order chi connectivity index (χ1) is 13.3. The van der Waals surface area contributed by atoms with E-state index < -0.39 is 9.84 Å². The first-order valence-corrected chi connectivity index (χ1v) is 11.4. The van der Waals surface area contributed by atoms with Gasteiger partial charge in [0.2, 0.25) is 11.8 Å². The topological polar surface area (TPSA) is 96.0 Å². The van der Waals surface area contributed by atoms with Crippen molar-refractivity contribution < 1.29 is 22.7 Å². The molecule has 1 aromatic rings. The zero-order valence-electron chi connectivity index (χ0n) is 16.1. The number of hydrogen-bond acceptors (Lipinski definition) is 6. The van der Waals surface area contributed by atoms with E-state index in [-0.39, 0.29) is 29.6 Å². The highest BCUT2D eigenvalue weighted by Gasteiger charge is 2.26. The molecule has 2 aliphatic rings. The van der Waals surface area contributed by atoms with Gasteiger partial charge >= 0.3 is 0 Å². The Balaban J connectivity index is 1.45. The Bertz CT molecular complexity index is 834. The molecule has 8 nitrogen and oxygen atoms in total. The standard InChI is InChI=1S/C19H27N3O5S/c1-28(25,26)16-2-3-17-15(14-16)6-8-22(17)19(24)5-4-18(23)20-7-9-21-10-12-27-13-11-21/h2-3,14H,4-13H2,1H3,(H,20,23). The molecule has 1 N–H and O–H groups in total. The molecular weight excluding hydrogens is 382 g/mol. The summed E-state index contributed by atoms with van der Waals surface area (Å²) < 4.78 is 28.6. The second-order valence-electron chi connectivity index (χ2n) is 7.16. The van der Waals surface area contributed by atoms with E-state index in [2.05, 4.69) is 10.2 Å². The predicted octanol–water partition coefficient (Wildman–Crippen LogP) is 0.208. The van der Waals surface area contributed by atoms with Gasteiger partial charge in [-0.2, -0.15) is 0 Å². The molecule has 0 bridgehead atoms. The average Bonchev–Trinajstić information content (AvgIpc) is 3.09. The summed E-state index contributed by atoms with van der Waals surface area (Å²) in [6.45, 7) is 5.07. The van der Waals surface area contributed by atoms with Crippen LogP contribution in [0.1, 0.15) is 18.4 Å². The van der Waals surface area contributed by atoms with Gasteiger partial charge in [-0.1, -0.05) is 0 Å². The van der Waals surface area contributed by atoms with Crippen LogP contribution >= 0.6 is 0 Å². The van der Waals surface area contributed by atoms with Crippen molar-refractivity contribution in [1.29, 1.82) is 0 Å². The SMILES string of the molecule is CS(=O)(=O)c1ccc2c(c1)CCN2C(=O)CCC(=O)NCCN1CCOCC1. The minimum Gasteiger partial charge on any atom is -0.379 e. The van der Waals surface area contributed by atoms with Gasteiger partial charge in [0.15, 0.2) is 9.84 Å². The fraction of sp³-hybridized carbons (Fsp3) is 0.579. The Labute approximate surface area is 165 Å². The fourth-order valence-corrected chi connectivity index (χ4v) is 4.16. The normalized spacial score (nSPS) is 17.4. The summed E-state index contributed by atoms with van der Waals surface area (Å²) in [6.07, 6.45) is 2.08. The van der Waals surface area contributed by atoms with Gasteiger partial charge in [-0.25, -0.2) is 8.42 Å². The quantitative estimate of drug-likeness (QED) is 0.692. The van der Waals surface area contributed by atoms with Crippen LogP contribution in [0.4, 0.5) is 5.69 Å². The summed E-state index contributed by atoms with van der Waals surface area (Å²) in [5.41, 5.74) is 1.59. The van der Waals surface area contributed by atoms with Gasteiger partial charge in [0.1, 0.15) is 0 Å². The third-order valence-electron chi connectivity index (χ3n) is 5.10. The number of rotatable bonds is 7. The molecule has 0 aliphatic carbocycles. The van der Waals surface area contributed by atoms with E-state index in [1.165, 1.54) is 12.3 Å². The number of morpholine rings is 1. The number of hydrogen-bond donors (Lipinski definition) is 1. The zero-order valence-corrected chi connectivity index (χ0v) is 17.0. The van der Waals surface area contributed by atoms with E-state index >= 15 is 0 Å². The van der Waals surface area contributed by atoms with Crippen LogP contribution in [0.25, 0.3) is 0 Å². The van der Waals surface area contributed by atoms with Gasteiger partial charge in [0, 0.05) is 57.5 Å². The molecule has 0 spiro atoms. The highest BCUT2D eigenvalue weighted by atomic mass is 32.2. The molecule has 2 heterocycles. The van der Waals surface area contributed by atoms with Crippen molar-refractivity contribution in [2.24, 2.45) is 0 Å². The van der Waals surface area contributed by atoms with Gasteiger partial charge in [-0.05, 0) is 30.2 Å². The smallest absolute Gasteiger partial charge is 0.227 e. The monoisotopic (exact) mass is 409 g/mol. The van der Waals surface area contributed by atoms with Crippen LogP contribution in [0.2, 0.25) is 0 Å². The van der Waals surface area contributed by atoms with Crippen molar-refractivity contribution in [2.75, 3.05) is 57.1 Å². The molecule has 1 aromatic carbocycles. The van der Waals surface area contributed by atoms with Crippen LogP contribution in [0.3, 0.4) is 0 Å². The second-order valence-corrected chi connectivity index (χ2v) is 9.18. The summed E-state index contributed by atoms with van der Waals surface area (Å²) in [5.74, 6) is -0.248. The average molecular weight is 410 g/mol. The third kappa shape index (κ3) is 5.30. The van der Waals surface area contributed by atoms with Crippen LogP contribution in [-0.4, -0.2) is 77.3 Å². The number of anilines is 1. The molecule has 3 rings (SSSR count). The predicted molar refractivity (Wildman–Crippen MR) is 105 cm³/mol. The van der Waals surface area contributed by atoms with Crippen LogP contribution in [0.15, 0.2) is 23.1 Å². The van der Waals surface area contributed by atoms with E-state index in [0.717, 1.165) is 44.1 Å². The molecule has 0 radical (unpaired) electrons. The van der Waals surface area contributed by atoms with Crippen LogP contribution in [0, 0.1) is 0 Å². The van der Waals surface area contributed by atoms with E-state index in [1.807, 2.05) is 0 Å². The van der Waals surface area contributed by atoms with E-state index in [4.69, 9.17) is 4.74 Å². The first kappa shape index (κ1) is 20.8. The molecule has 0 atom stereocenters. The van der Waals surface area contributed by atoms with Crippen molar-refractivity contribution in [1.82, 2.24) is 10.2 Å². The lowest BCUT2D eigenvalue weighted by Crippen LogP contribution is -2.41. The Morgan fingerprint density at radius 1 is 1.14 bits per heavy atom. The zero-order chi connectivity index (χ0) is 20.1. The summed E-state index contributed by atoms with van der Waals surface area (Å²) in [7, 11) is -3.27. The minimum atomic E-state index is -3.27. The van der Waals surface area contributed by atoms with Gasteiger partial charge in [-0.15, -0.1) is 0 Å². The molecule has 0 aromatic heterocycles. The lowest BCUT2D eigenvalue weighted by Gasteiger charge is -2.26. The van der Waals surface area contributed by atoms with Crippen LogP contribution in [0.5, 0.6) is 0 Å². The maximum Gasteiger partial charge on any atom is 0.227 e. The molecule has 0 unspecified atom stereocenters. The minimum absolute atomic E-state index is 0.116. The maximum atomic E-state index is 12.5. The van der Waals surface area contributed by atoms with E-state index in [9.17, 15) is 18.0 Å². The van der Waals surface area contributed by atoms with Crippen LogP contribution in [-0.2, 0) is 30.6 Å². The van der Waals surface area contributed by atoms with Gasteiger partial charge < -0.3 is 15.0 Å². The molecule has 2 amide bonds. The lowest BCUT2D eigenvalue weighted by molar-refractivity contribution is -0.125. The maximum absolute atomic E-state index is 12.5. The molecule has 2 aliphatic heterocycles. The van der Waals surface area contributed by atoms with E-state index in [1.54, 1.807) is 17.0 Å². The largest absolute Gasteiger partial charge is 0.379 e. The number of ether oxygens (including phenoxy) is 1. The molecule has 1 fully saturated rings. The highest BCUT2D eigenvalue weighted by molar-refractivity contribution is 7.90. The first-order valence-electron chi connectivity index (χ1n) is 9.55. The Hall–Kier alpha value is -1.97. The van der Waals surface area contributed by atoms with Crippen molar-refractivity contribution in [3.63, 3.8) is 0 Å². The van der Waals surface area contributed by atoms with Crippen molar-refractivity contribution >= 4 is 27.3 Å². The van der Waals surface area contributed by atoms with Crippen molar-refractivity contribution in [3.05, 3.63) is 23.8 Å². The molecule has 1 saturated heterocycles. The molecular formula is C19H27N3O5S. The number of carbonyl (C=O) groups excluding carboxylic acids is 2. The lowest BCUT2D eigenvalue weighted by atomic mass is 10.2. The Morgan fingerprint density at radius 3 is 2.61 bits per heavy atom. The molecule has 154 valence electrons. The van der Waals surface area contributed by atoms with Gasteiger partial charge in [0.25, 0.3) is 0 Å². The van der Waals surface area contributed by atoms with Gasteiger partial charge in [0.05, 0.1) is 18.1 Å². The number of amides is 2. The summed E-state index contributed by atoms with van der Waals surface area (Å²) in [5, 5.41) is 2.86. The van der Waals surface area contributed by atoms with Crippen molar-refractivity contribution in [3.8, 4) is 0 Å². The third-order valence-corrected chi connectivity index (χ3v) is 6.21. The number of benzene rings is 1.